The summed E-state index contributed by atoms with van der Waals surface area (Å²) in [4.78, 5) is 0. The first-order chi connectivity index (χ1) is 8.70. The van der Waals surface area contributed by atoms with Crippen molar-refractivity contribution in [2.75, 3.05) is 13.2 Å². The summed E-state index contributed by atoms with van der Waals surface area (Å²) in [5.74, 6) is 0. The van der Waals surface area contributed by atoms with Gasteiger partial charge in [-0.25, -0.2) is 0 Å². The largest absolute Gasteiger partial charge is 0.377 e. The molecule has 2 atom stereocenters. The Kier molecular flexibility index (Phi) is 5.31. The SMILES string of the molecule is CCN[C@H](Cc1ccc(Cl)c(Cl)c1)[C@@H]1CCCO1. The molecular weight excluding hydrogens is 269 g/mol. The van der Waals surface area contributed by atoms with Crippen molar-refractivity contribution in [3.63, 3.8) is 0 Å². The van der Waals surface area contributed by atoms with Gasteiger partial charge in [-0.15, -0.1) is 0 Å². The van der Waals surface area contributed by atoms with Gasteiger partial charge in [-0.3, -0.25) is 0 Å². The molecule has 0 spiro atoms. The molecule has 2 rings (SSSR count). The van der Waals surface area contributed by atoms with E-state index in [9.17, 15) is 0 Å². The predicted molar refractivity (Wildman–Crippen MR) is 76.6 cm³/mol. The van der Waals surface area contributed by atoms with Gasteiger partial charge < -0.3 is 10.1 Å². The predicted octanol–water partition coefficient (Wildman–Crippen LogP) is 3.69. The Morgan fingerprint density at radius 1 is 1.39 bits per heavy atom. The second-order valence-corrected chi connectivity index (χ2v) is 5.48. The average molecular weight is 288 g/mol. The molecule has 18 heavy (non-hydrogen) atoms. The van der Waals surface area contributed by atoms with Crippen molar-refractivity contribution in [3.8, 4) is 0 Å². The zero-order valence-corrected chi connectivity index (χ0v) is 12.1. The average Bonchev–Trinajstić information content (AvgIpc) is 2.87. The Morgan fingerprint density at radius 3 is 2.83 bits per heavy atom. The van der Waals surface area contributed by atoms with Crippen LogP contribution < -0.4 is 5.32 Å². The van der Waals surface area contributed by atoms with Crippen molar-refractivity contribution in [1.29, 1.82) is 0 Å². The molecule has 100 valence electrons. The molecule has 1 aliphatic rings. The summed E-state index contributed by atoms with van der Waals surface area (Å²) >= 11 is 12.0. The molecule has 1 heterocycles. The van der Waals surface area contributed by atoms with Crippen LogP contribution in [0.2, 0.25) is 10.0 Å². The molecule has 4 heteroatoms. The minimum absolute atomic E-state index is 0.319. The van der Waals surface area contributed by atoms with E-state index in [4.69, 9.17) is 27.9 Å². The van der Waals surface area contributed by atoms with Gasteiger partial charge in [0, 0.05) is 12.6 Å². The van der Waals surface area contributed by atoms with E-state index >= 15 is 0 Å². The molecular formula is C14H19Cl2NO. The molecule has 1 aromatic rings. The highest BCUT2D eigenvalue weighted by Gasteiger charge is 2.25. The molecule has 1 saturated heterocycles. The Balaban J connectivity index is 2.04. The molecule has 0 unspecified atom stereocenters. The van der Waals surface area contributed by atoms with Crippen molar-refractivity contribution >= 4 is 23.2 Å². The molecule has 0 amide bonds. The molecule has 1 fully saturated rings. The van der Waals surface area contributed by atoms with Gasteiger partial charge in [0.2, 0.25) is 0 Å². The van der Waals surface area contributed by atoms with Gasteiger partial charge in [-0.2, -0.15) is 0 Å². The maximum Gasteiger partial charge on any atom is 0.0732 e. The molecule has 0 aromatic heterocycles. The van der Waals surface area contributed by atoms with Crippen LogP contribution in [0.4, 0.5) is 0 Å². The lowest BCUT2D eigenvalue weighted by Gasteiger charge is -2.24. The zero-order chi connectivity index (χ0) is 13.0. The van der Waals surface area contributed by atoms with Crippen LogP contribution in [0.25, 0.3) is 0 Å². The fourth-order valence-electron chi connectivity index (χ4n) is 2.44. The van der Waals surface area contributed by atoms with Crippen molar-refractivity contribution in [1.82, 2.24) is 5.32 Å². The molecule has 0 saturated carbocycles. The summed E-state index contributed by atoms with van der Waals surface area (Å²) in [6, 6.07) is 6.20. The topological polar surface area (TPSA) is 21.3 Å². The first kappa shape index (κ1) is 14.1. The molecule has 2 nitrogen and oxygen atoms in total. The van der Waals surface area contributed by atoms with Crippen LogP contribution >= 0.6 is 23.2 Å². The number of ether oxygens (including phenoxy) is 1. The smallest absolute Gasteiger partial charge is 0.0732 e. The Morgan fingerprint density at radius 2 is 2.22 bits per heavy atom. The third kappa shape index (κ3) is 3.61. The monoisotopic (exact) mass is 287 g/mol. The van der Waals surface area contributed by atoms with E-state index in [1.165, 1.54) is 5.56 Å². The van der Waals surface area contributed by atoms with Crippen LogP contribution in [-0.4, -0.2) is 25.3 Å². The van der Waals surface area contributed by atoms with Gasteiger partial charge in [-0.05, 0) is 43.5 Å². The number of rotatable bonds is 5. The van der Waals surface area contributed by atoms with E-state index < -0.39 is 0 Å². The number of benzene rings is 1. The van der Waals surface area contributed by atoms with Gasteiger partial charge in [-0.1, -0.05) is 36.2 Å². The van der Waals surface area contributed by atoms with Gasteiger partial charge >= 0.3 is 0 Å². The van der Waals surface area contributed by atoms with Crippen molar-refractivity contribution in [2.45, 2.75) is 38.3 Å². The Bertz CT molecular complexity index is 391. The highest BCUT2D eigenvalue weighted by molar-refractivity contribution is 6.42. The summed E-state index contributed by atoms with van der Waals surface area (Å²) in [6.45, 7) is 3.95. The van der Waals surface area contributed by atoms with E-state index in [-0.39, 0.29) is 0 Å². The first-order valence-corrected chi connectivity index (χ1v) is 7.25. The molecule has 0 radical (unpaired) electrons. The molecule has 0 bridgehead atoms. The quantitative estimate of drug-likeness (QED) is 0.892. The molecule has 1 aromatic carbocycles. The maximum absolute atomic E-state index is 6.05. The standard InChI is InChI=1S/C14H19Cl2NO/c1-2-17-13(14-4-3-7-18-14)9-10-5-6-11(15)12(16)8-10/h5-6,8,13-14,17H,2-4,7,9H2,1H3/t13-,14+/m1/s1. The fourth-order valence-corrected chi connectivity index (χ4v) is 2.76. The van der Waals surface area contributed by atoms with Crippen LogP contribution in [-0.2, 0) is 11.2 Å². The minimum atomic E-state index is 0.319. The van der Waals surface area contributed by atoms with Gasteiger partial charge in [0.15, 0.2) is 0 Å². The second-order valence-electron chi connectivity index (χ2n) is 4.67. The summed E-state index contributed by atoms with van der Waals surface area (Å²) in [5, 5.41) is 4.74. The van der Waals surface area contributed by atoms with E-state index in [0.717, 1.165) is 32.4 Å². The number of likely N-dealkylation sites (N-methyl/N-ethyl adjacent to an activating group) is 1. The molecule has 0 aliphatic carbocycles. The number of hydrogen-bond acceptors (Lipinski definition) is 2. The van der Waals surface area contributed by atoms with Crippen molar-refractivity contribution in [2.24, 2.45) is 0 Å². The number of nitrogens with one attached hydrogen (secondary N) is 1. The van der Waals surface area contributed by atoms with Crippen LogP contribution in [0.5, 0.6) is 0 Å². The van der Waals surface area contributed by atoms with Crippen LogP contribution in [0.15, 0.2) is 18.2 Å². The van der Waals surface area contributed by atoms with E-state index in [1.807, 2.05) is 18.2 Å². The number of halogens is 2. The van der Waals surface area contributed by atoms with Crippen LogP contribution in [0.1, 0.15) is 25.3 Å². The summed E-state index contributed by atoms with van der Waals surface area (Å²) < 4.78 is 5.77. The van der Waals surface area contributed by atoms with Gasteiger partial charge in [0.25, 0.3) is 0 Å². The summed E-state index contributed by atoms with van der Waals surface area (Å²) in [7, 11) is 0. The number of hydrogen-bond donors (Lipinski definition) is 1. The van der Waals surface area contributed by atoms with Gasteiger partial charge in [0.1, 0.15) is 0 Å². The highest BCUT2D eigenvalue weighted by Crippen LogP contribution is 2.25. The Hall–Kier alpha value is -0.280. The van der Waals surface area contributed by atoms with Gasteiger partial charge in [0.05, 0.1) is 16.1 Å². The van der Waals surface area contributed by atoms with Crippen molar-refractivity contribution < 1.29 is 4.74 Å². The summed E-state index contributed by atoms with van der Waals surface area (Å²) in [6.07, 6.45) is 3.54. The lowest BCUT2D eigenvalue weighted by Crippen LogP contribution is -2.41. The second kappa shape index (κ2) is 6.76. The maximum atomic E-state index is 6.05. The third-order valence-corrected chi connectivity index (χ3v) is 4.06. The first-order valence-electron chi connectivity index (χ1n) is 6.49. The highest BCUT2D eigenvalue weighted by atomic mass is 35.5. The van der Waals surface area contributed by atoms with Crippen LogP contribution in [0, 0.1) is 0 Å². The molecule has 1 aliphatic heterocycles. The Labute approximate surface area is 119 Å². The van der Waals surface area contributed by atoms with Crippen molar-refractivity contribution in [3.05, 3.63) is 33.8 Å². The fraction of sp³-hybridized carbons (Fsp3) is 0.571. The zero-order valence-electron chi connectivity index (χ0n) is 10.6. The minimum Gasteiger partial charge on any atom is -0.377 e. The normalized spacial score (nSPS) is 21.2. The lowest BCUT2D eigenvalue weighted by molar-refractivity contribution is 0.0789. The molecule has 1 N–H and O–H groups in total. The third-order valence-electron chi connectivity index (χ3n) is 3.32. The van der Waals surface area contributed by atoms with Crippen LogP contribution in [0.3, 0.4) is 0 Å². The van der Waals surface area contributed by atoms with E-state index in [2.05, 4.69) is 12.2 Å². The van der Waals surface area contributed by atoms with E-state index in [1.54, 1.807) is 0 Å². The summed E-state index contributed by atoms with van der Waals surface area (Å²) in [5.41, 5.74) is 1.20. The van der Waals surface area contributed by atoms with E-state index in [0.29, 0.717) is 22.2 Å². The lowest BCUT2D eigenvalue weighted by atomic mass is 9.99.